The number of aromatic nitrogens is 4. The molecule has 1 fully saturated rings. The maximum Gasteiger partial charge on any atom is 0.308 e. The molecule has 172 valence electrons. The number of esters is 1. The molecule has 2 atom stereocenters. The third-order valence-electron chi connectivity index (χ3n) is 5.85. The van der Waals surface area contributed by atoms with E-state index in [-0.39, 0.29) is 12.2 Å². The van der Waals surface area contributed by atoms with Crippen molar-refractivity contribution in [1.29, 1.82) is 0 Å². The van der Waals surface area contributed by atoms with Gasteiger partial charge in [0.1, 0.15) is 29.8 Å². The van der Waals surface area contributed by atoms with Gasteiger partial charge in [-0.15, -0.1) is 0 Å². The highest BCUT2D eigenvalue weighted by Gasteiger charge is 2.28. The smallest absolute Gasteiger partial charge is 0.308 e. The Balaban J connectivity index is 1.64. The average molecular weight is 458 g/mol. The fourth-order valence-electron chi connectivity index (χ4n) is 4.30. The Morgan fingerprint density at radius 2 is 1.85 bits per heavy atom. The van der Waals surface area contributed by atoms with Crippen LogP contribution in [-0.4, -0.2) is 42.8 Å². The number of aliphatic hydroxyl groups excluding tert-OH is 1. The van der Waals surface area contributed by atoms with E-state index in [9.17, 15) is 14.3 Å². The first-order valence-electron chi connectivity index (χ1n) is 11.1. The van der Waals surface area contributed by atoms with Gasteiger partial charge in [0.15, 0.2) is 0 Å². The quantitative estimate of drug-likeness (QED) is 0.434. The molecule has 3 heterocycles. The van der Waals surface area contributed by atoms with Gasteiger partial charge in [-0.1, -0.05) is 30.3 Å². The van der Waals surface area contributed by atoms with E-state index >= 15 is 0 Å². The summed E-state index contributed by atoms with van der Waals surface area (Å²) in [7, 11) is 0. The molecule has 8 heteroatoms. The molecule has 2 aromatic carbocycles. The number of carbonyl (C=O) groups is 1. The van der Waals surface area contributed by atoms with Crippen molar-refractivity contribution < 1.29 is 19.0 Å². The molecule has 5 rings (SSSR count). The van der Waals surface area contributed by atoms with E-state index in [1.807, 2.05) is 30.3 Å². The first-order chi connectivity index (χ1) is 16.6. The van der Waals surface area contributed by atoms with Crippen LogP contribution in [-0.2, 0) is 16.1 Å². The summed E-state index contributed by atoms with van der Waals surface area (Å²) in [5.74, 6) is -0.000826. The molecule has 0 saturated carbocycles. The number of halogens is 1. The van der Waals surface area contributed by atoms with Crippen molar-refractivity contribution >= 4 is 5.97 Å². The minimum absolute atomic E-state index is 0.0233. The van der Waals surface area contributed by atoms with E-state index in [1.54, 1.807) is 24.4 Å². The number of ether oxygens (including phenoxy) is 1. The fraction of sp³-hybridized carbons (Fsp3) is 0.231. The number of hydrogen-bond donors (Lipinski definition) is 1. The molecule has 1 N–H and O–H groups in total. The fourth-order valence-corrected chi connectivity index (χ4v) is 4.30. The summed E-state index contributed by atoms with van der Waals surface area (Å²) in [6.45, 7) is 0.472. The third-order valence-corrected chi connectivity index (χ3v) is 5.85. The SMILES string of the molecule is O=C1C[C@H](O)C[C@@H](CCn2c(-c3ccccc3)nc(-c3ccncn3)c2-c2ccc(F)cc2)O1. The van der Waals surface area contributed by atoms with Crippen LogP contribution in [0, 0.1) is 5.82 Å². The van der Waals surface area contributed by atoms with Crippen LogP contribution < -0.4 is 0 Å². The zero-order valence-electron chi connectivity index (χ0n) is 18.3. The molecule has 1 aliphatic heterocycles. The zero-order valence-corrected chi connectivity index (χ0v) is 18.3. The van der Waals surface area contributed by atoms with Gasteiger partial charge in [0.25, 0.3) is 0 Å². The summed E-state index contributed by atoms with van der Waals surface area (Å²) in [5, 5.41) is 10.0. The largest absolute Gasteiger partial charge is 0.462 e. The number of aliphatic hydroxyl groups is 1. The van der Waals surface area contributed by atoms with Crippen molar-refractivity contribution in [1.82, 2.24) is 19.5 Å². The van der Waals surface area contributed by atoms with Crippen molar-refractivity contribution in [2.75, 3.05) is 0 Å². The van der Waals surface area contributed by atoms with Crippen LogP contribution in [0.4, 0.5) is 4.39 Å². The van der Waals surface area contributed by atoms with Crippen molar-refractivity contribution in [3.8, 4) is 34.0 Å². The van der Waals surface area contributed by atoms with Gasteiger partial charge in [-0.05, 0) is 30.3 Å². The topological polar surface area (TPSA) is 90.1 Å². The number of benzene rings is 2. The molecule has 0 unspecified atom stereocenters. The number of carbonyl (C=O) groups excluding carboxylic acids is 1. The van der Waals surface area contributed by atoms with E-state index in [1.165, 1.54) is 18.5 Å². The minimum Gasteiger partial charge on any atom is -0.462 e. The highest BCUT2D eigenvalue weighted by Crippen LogP contribution is 2.36. The molecular weight excluding hydrogens is 435 g/mol. The standard InChI is InChI=1S/C26H23FN4O3/c27-19-8-6-17(7-9-19)25-24(22-10-12-28-16-29-22)30-26(18-4-2-1-3-5-18)31(25)13-11-21-14-20(32)15-23(33)34-21/h1-10,12,16,20-21,32H,11,13-15H2/t20-,21-/m1/s1. The summed E-state index contributed by atoms with van der Waals surface area (Å²) in [6, 6.07) is 17.8. The van der Waals surface area contributed by atoms with Gasteiger partial charge in [0.2, 0.25) is 0 Å². The van der Waals surface area contributed by atoms with Gasteiger partial charge in [-0.2, -0.15) is 0 Å². The summed E-state index contributed by atoms with van der Waals surface area (Å²) in [6.07, 6.45) is 2.94. The predicted molar refractivity (Wildman–Crippen MR) is 124 cm³/mol. The van der Waals surface area contributed by atoms with Gasteiger partial charge in [-0.3, -0.25) is 4.79 Å². The van der Waals surface area contributed by atoms with E-state index in [0.29, 0.717) is 30.8 Å². The Morgan fingerprint density at radius 3 is 2.56 bits per heavy atom. The molecule has 1 saturated heterocycles. The normalized spacial score (nSPS) is 18.0. The van der Waals surface area contributed by atoms with Gasteiger partial charge in [0.05, 0.1) is 23.9 Å². The number of nitrogens with zero attached hydrogens (tertiary/aromatic N) is 4. The van der Waals surface area contributed by atoms with Crippen molar-refractivity contribution in [3.05, 3.63) is 79.0 Å². The first kappa shape index (κ1) is 21.9. The summed E-state index contributed by atoms with van der Waals surface area (Å²) < 4.78 is 21.3. The summed E-state index contributed by atoms with van der Waals surface area (Å²) >= 11 is 0. The average Bonchev–Trinajstić information content (AvgIpc) is 3.23. The predicted octanol–water partition coefficient (Wildman–Crippen LogP) is 4.27. The van der Waals surface area contributed by atoms with Crippen LogP contribution in [0.5, 0.6) is 0 Å². The lowest BCUT2D eigenvalue weighted by atomic mass is 10.0. The Morgan fingerprint density at radius 1 is 1.06 bits per heavy atom. The van der Waals surface area contributed by atoms with Gasteiger partial charge >= 0.3 is 5.97 Å². The lowest BCUT2D eigenvalue weighted by Gasteiger charge is -2.26. The van der Waals surface area contributed by atoms with E-state index in [0.717, 1.165) is 22.6 Å². The second kappa shape index (κ2) is 9.52. The second-order valence-corrected chi connectivity index (χ2v) is 8.25. The number of rotatable bonds is 6. The molecular formula is C26H23FN4O3. The molecule has 34 heavy (non-hydrogen) atoms. The Hall–Kier alpha value is -3.91. The number of imidazole rings is 1. The van der Waals surface area contributed by atoms with Crippen LogP contribution in [0.1, 0.15) is 19.3 Å². The van der Waals surface area contributed by atoms with Gasteiger partial charge < -0.3 is 14.4 Å². The molecule has 1 aliphatic rings. The molecule has 2 aromatic heterocycles. The molecule has 0 radical (unpaired) electrons. The molecule has 0 aliphatic carbocycles. The number of cyclic esters (lactones) is 1. The maximum absolute atomic E-state index is 13.7. The van der Waals surface area contributed by atoms with Crippen molar-refractivity contribution in [2.24, 2.45) is 0 Å². The molecule has 4 aromatic rings. The maximum atomic E-state index is 13.7. The number of hydrogen-bond acceptors (Lipinski definition) is 6. The van der Waals surface area contributed by atoms with Crippen molar-refractivity contribution in [2.45, 2.75) is 38.0 Å². The third kappa shape index (κ3) is 4.58. The van der Waals surface area contributed by atoms with E-state index in [4.69, 9.17) is 9.72 Å². The van der Waals surface area contributed by atoms with E-state index < -0.39 is 18.2 Å². The van der Waals surface area contributed by atoms with Gasteiger partial charge in [0, 0.05) is 36.7 Å². The minimum atomic E-state index is -0.698. The first-order valence-corrected chi connectivity index (χ1v) is 11.1. The monoisotopic (exact) mass is 458 g/mol. The van der Waals surface area contributed by atoms with E-state index in [2.05, 4.69) is 14.5 Å². The highest BCUT2D eigenvalue weighted by atomic mass is 19.1. The highest BCUT2D eigenvalue weighted by molar-refractivity contribution is 5.80. The second-order valence-electron chi connectivity index (χ2n) is 8.25. The summed E-state index contributed by atoms with van der Waals surface area (Å²) in [5.41, 5.74) is 3.76. The molecule has 0 bridgehead atoms. The molecule has 0 amide bonds. The van der Waals surface area contributed by atoms with Crippen LogP contribution in [0.2, 0.25) is 0 Å². The van der Waals surface area contributed by atoms with Crippen LogP contribution in [0.25, 0.3) is 34.0 Å². The molecule has 7 nitrogen and oxygen atoms in total. The Bertz CT molecular complexity index is 1280. The van der Waals surface area contributed by atoms with Crippen molar-refractivity contribution in [3.63, 3.8) is 0 Å². The summed E-state index contributed by atoms with van der Waals surface area (Å²) in [4.78, 5) is 25.2. The van der Waals surface area contributed by atoms with Crippen LogP contribution in [0.15, 0.2) is 73.2 Å². The Kier molecular flexibility index (Phi) is 6.14. The van der Waals surface area contributed by atoms with Gasteiger partial charge in [-0.25, -0.2) is 19.3 Å². The Labute approximate surface area is 195 Å². The van der Waals surface area contributed by atoms with Crippen LogP contribution >= 0.6 is 0 Å². The van der Waals surface area contributed by atoms with Crippen LogP contribution in [0.3, 0.4) is 0 Å². The zero-order chi connectivity index (χ0) is 23.5. The lowest BCUT2D eigenvalue weighted by Crippen LogP contribution is -2.33. The lowest BCUT2D eigenvalue weighted by molar-refractivity contribution is -0.160. The molecule has 0 spiro atoms.